The van der Waals surface area contributed by atoms with Crippen molar-refractivity contribution in [1.29, 1.82) is 0 Å². The van der Waals surface area contributed by atoms with Gasteiger partial charge in [0.1, 0.15) is 12.2 Å². The van der Waals surface area contributed by atoms with Crippen LogP contribution in [0.5, 0.6) is 0 Å². The number of hydrogen-bond donors (Lipinski definition) is 3. The molecule has 0 saturated heterocycles. The zero-order valence-corrected chi connectivity index (χ0v) is 12.2. The van der Waals surface area contributed by atoms with Gasteiger partial charge in [0.2, 0.25) is 0 Å². The summed E-state index contributed by atoms with van der Waals surface area (Å²) >= 11 is 0. The highest BCUT2D eigenvalue weighted by atomic mass is 31.2. The fraction of sp³-hybridized carbons (Fsp3) is 0.727. The van der Waals surface area contributed by atoms with Gasteiger partial charge in [-0.3, -0.25) is 4.57 Å². The molecule has 20 heavy (non-hydrogen) atoms. The zero-order valence-electron chi connectivity index (χ0n) is 11.3. The number of nitrogens with zero attached hydrogens (tertiary/aromatic N) is 2. The maximum Gasteiger partial charge on any atom is 0.381 e. The molecule has 0 bridgehead atoms. The lowest BCUT2D eigenvalue weighted by Crippen LogP contribution is -2.24. The summed E-state index contributed by atoms with van der Waals surface area (Å²) in [6.45, 7) is 3.29. The predicted octanol–water partition coefficient (Wildman–Crippen LogP) is -0.284. The third-order valence-electron chi connectivity index (χ3n) is 3.21. The largest absolute Gasteiger partial charge is 0.394 e. The zero-order chi connectivity index (χ0) is 14.9. The molecule has 3 atom stereocenters. The molecule has 0 aromatic carbocycles. The van der Waals surface area contributed by atoms with Crippen LogP contribution >= 0.6 is 7.60 Å². The molecule has 3 N–H and O–H groups in total. The molecule has 8 nitrogen and oxygen atoms in total. The van der Waals surface area contributed by atoms with Gasteiger partial charge in [0, 0.05) is 0 Å². The van der Waals surface area contributed by atoms with Gasteiger partial charge in [-0.2, -0.15) is 0 Å². The van der Waals surface area contributed by atoms with Crippen LogP contribution in [0.15, 0.2) is 6.33 Å². The minimum Gasteiger partial charge on any atom is -0.394 e. The number of aromatic nitrogens is 2. The molecule has 2 rings (SSSR count). The molecule has 0 saturated carbocycles. The van der Waals surface area contributed by atoms with Crippen LogP contribution in [0.1, 0.15) is 31.7 Å². The maximum absolute atomic E-state index is 12.7. The molecule has 1 aromatic heterocycles. The van der Waals surface area contributed by atoms with E-state index in [0.29, 0.717) is 0 Å². The van der Waals surface area contributed by atoms with Crippen LogP contribution in [0.3, 0.4) is 0 Å². The van der Waals surface area contributed by atoms with Crippen molar-refractivity contribution >= 4 is 13.0 Å². The highest BCUT2D eigenvalue weighted by Gasteiger charge is 2.45. The third kappa shape index (κ3) is 2.32. The number of rotatable bonds is 6. The van der Waals surface area contributed by atoms with E-state index in [9.17, 15) is 19.9 Å². The van der Waals surface area contributed by atoms with Crippen molar-refractivity contribution in [3.8, 4) is 0 Å². The summed E-state index contributed by atoms with van der Waals surface area (Å²) in [6, 6.07) is -0.724. The molecule has 1 aromatic rings. The number of hydrogen-bond acceptors (Lipinski definition) is 7. The van der Waals surface area contributed by atoms with Gasteiger partial charge in [-0.05, 0) is 13.8 Å². The topological polar surface area (TPSA) is 114 Å². The second-order valence-electron chi connectivity index (χ2n) is 4.38. The fourth-order valence-electron chi connectivity index (χ4n) is 2.35. The van der Waals surface area contributed by atoms with Crippen molar-refractivity contribution in [1.82, 2.24) is 9.55 Å². The van der Waals surface area contributed by atoms with Crippen molar-refractivity contribution in [2.24, 2.45) is 0 Å². The quantitative estimate of drug-likeness (QED) is 0.619. The minimum atomic E-state index is -3.65. The Hall–Kier alpha value is -0.760. The first-order valence-corrected chi connectivity index (χ1v) is 7.97. The van der Waals surface area contributed by atoms with Gasteiger partial charge < -0.3 is 28.9 Å². The normalized spacial score (nSPS) is 25.9. The maximum atomic E-state index is 12.7. The molecular weight excluding hydrogens is 287 g/mol. The van der Waals surface area contributed by atoms with E-state index >= 15 is 0 Å². The molecule has 0 fully saturated rings. The monoisotopic (exact) mass is 306 g/mol. The first-order chi connectivity index (χ1) is 9.50. The molecule has 1 aliphatic heterocycles. The first kappa shape index (κ1) is 15.6. The lowest BCUT2D eigenvalue weighted by atomic mass is 10.1. The molecule has 0 radical (unpaired) electrons. The van der Waals surface area contributed by atoms with Crippen LogP contribution < -0.4 is 5.44 Å². The second kappa shape index (κ2) is 5.93. The first-order valence-electron chi connectivity index (χ1n) is 6.43. The van der Waals surface area contributed by atoms with Crippen molar-refractivity contribution in [3.05, 3.63) is 12.0 Å². The Morgan fingerprint density at radius 3 is 2.45 bits per heavy atom. The molecule has 0 aliphatic carbocycles. The van der Waals surface area contributed by atoms with Crippen molar-refractivity contribution in [2.45, 2.75) is 32.1 Å². The fourth-order valence-corrected chi connectivity index (χ4v) is 4.07. The number of fused-ring (bicyclic) bond motifs is 1. The van der Waals surface area contributed by atoms with E-state index in [0.717, 1.165) is 0 Å². The third-order valence-corrected chi connectivity index (χ3v) is 5.27. The Morgan fingerprint density at radius 2 is 1.95 bits per heavy atom. The average Bonchev–Trinajstić information content (AvgIpc) is 2.92. The summed E-state index contributed by atoms with van der Waals surface area (Å²) < 4.78 is 24.5. The highest BCUT2D eigenvalue weighted by molar-refractivity contribution is 7.62. The summed E-state index contributed by atoms with van der Waals surface area (Å²) in [7, 11) is -3.65. The van der Waals surface area contributed by atoms with Crippen molar-refractivity contribution < 1.29 is 28.9 Å². The van der Waals surface area contributed by atoms with Gasteiger partial charge >= 0.3 is 7.60 Å². The highest BCUT2D eigenvalue weighted by Crippen LogP contribution is 2.49. The summed E-state index contributed by atoms with van der Waals surface area (Å²) in [5, 5.41) is 29.2. The van der Waals surface area contributed by atoms with Crippen LogP contribution in [-0.4, -0.2) is 50.8 Å². The van der Waals surface area contributed by atoms with Crippen LogP contribution in [0.4, 0.5) is 0 Å². The summed E-state index contributed by atoms with van der Waals surface area (Å²) in [5.74, 6) is 0. The standard InChI is InChI=1S/C11H19N2O6P/c1-3-18-20(17,19-4-2)11-8-10(16)9(15)7(5-14)13(8)6-12-11/h6-7,9-10,14-16H,3-5H2,1-2H3/t7-,9-,10-/m1/s1. The lowest BCUT2D eigenvalue weighted by Gasteiger charge is -2.17. The average molecular weight is 306 g/mol. The van der Waals surface area contributed by atoms with Gasteiger partial charge in [-0.1, -0.05) is 0 Å². The molecule has 9 heteroatoms. The van der Waals surface area contributed by atoms with Gasteiger partial charge in [0.15, 0.2) is 5.44 Å². The van der Waals surface area contributed by atoms with Gasteiger partial charge in [0.25, 0.3) is 0 Å². The van der Waals surface area contributed by atoms with E-state index in [1.165, 1.54) is 10.9 Å². The Balaban J connectivity index is 2.48. The summed E-state index contributed by atoms with van der Waals surface area (Å²) in [5.41, 5.74) is 0.158. The number of aliphatic hydroxyl groups is 3. The molecular formula is C11H19N2O6P. The molecule has 2 heterocycles. The van der Waals surface area contributed by atoms with Crippen LogP contribution in [0, 0.1) is 0 Å². The van der Waals surface area contributed by atoms with Crippen molar-refractivity contribution in [3.63, 3.8) is 0 Å². The van der Waals surface area contributed by atoms with Crippen molar-refractivity contribution in [2.75, 3.05) is 19.8 Å². The van der Waals surface area contributed by atoms with Crippen LogP contribution in [0.25, 0.3) is 0 Å². The Labute approximate surface area is 116 Å². The number of aliphatic hydroxyl groups excluding tert-OH is 3. The molecule has 1 aliphatic rings. The van der Waals surface area contributed by atoms with Gasteiger partial charge in [-0.25, -0.2) is 4.98 Å². The SMILES string of the molecule is CCOP(=O)(OCC)c1ncn2c1[C@@H](O)[C@H](O)[C@H]2CO. The van der Waals surface area contributed by atoms with E-state index in [1.807, 2.05) is 0 Å². The summed E-state index contributed by atoms with van der Waals surface area (Å²) in [6.07, 6.45) is -1.16. The van der Waals surface area contributed by atoms with E-state index in [-0.39, 0.29) is 30.9 Å². The Kier molecular flexibility index (Phi) is 4.63. The van der Waals surface area contributed by atoms with E-state index in [1.54, 1.807) is 13.8 Å². The molecule has 114 valence electrons. The number of imidazole rings is 1. The Morgan fingerprint density at radius 1 is 1.35 bits per heavy atom. The van der Waals surface area contributed by atoms with Crippen LogP contribution in [-0.2, 0) is 13.6 Å². The molecule has 0 spiro atoms. The second-order valence-corrected chi connectivity index (χ2v) is 6.31. The van der Waals surface area contributed by atoms with E-state index < -0.39 is 25.8 Å². The van der Waals surface area contributed by atoms with E-state index in [4.69, 9.17) is 9.05 Å². The summed E-state index contributed by atoms with van der Waals surface area (Å²) in [4.78, 5) is 4.00. The van der Waals surface area contributed by atoms with Crippen LogP contribution in [0.2, 0.25) is 0 Å². The van der Waals surface area contributed by atoms with E-state index in [2.05, 4.69) is 4.98 Å². The lowest BCUT2D eigenvalue weighted by molar-refractivity contribution is -0.000835. The van der Waals surface area contributed by atoms with Gasteiger partial charge in [0.05, 0.1) is 37.9 Å². The smallest absolute Gasteiger partial charge is 0.381 e. The molecule has 0 unspecified atom stereocenters. The minimum absolute atomic E-state index is 0.0105. The molecule has 0 amide bonds. The predicted molar refractivity (Wildman–Crippen MR) is 69.8 cm³/mol. The Bertz CT molecular complexity index is 509. The van der Waals surface area contributed by atoms with Gasteiger partial charge in [-0.15, -0.1) is 0 Å².